The zero-order chi connectivity index (χ0) is 22.7. The van der Waals surface area contributed by atoms with Gasteiger partial charge in [-0.25, -0.2) is 9.59 Å². The SMILES string of the molecule is NC[C@H]1[C@@H]2CCN(C(=O)Nc3ccn(-c4ccc(CN5C[C@@H]6C(N)[C@@H]6C5)cc4)c(=O)n3)C[C@H]12. The Morgan fingerprint density at radius 1 is 1.06 bits per heavy atom. The molecule has 9 heteroatoms. The van der Waals surface area contributed by atoms with Gasteiger partial charge in [0.25, 0.3) is 0 Å². The van der Waals surface area contributed by atoms with Gasteiger partial charge in [-0.1, -0.05) is 12.1 Å². The number of anilines is 1. The molecule has 6 rings (SSSR count). The summed E-state index contributed by atoms with van der Waals surface area (Å²) in [5.41, 5.74) is 13.4. The second-order valence-electron chi connectivity index (χ2n) is 10.1. The lowest BCUT2D eigenvalue weighted by molar-refractivity contribution is 0.197. The van der Waals surface area contributed by atoms with Gasteiger partial charge in [0.1, 0.15) is 5.82 Å². The molecule has 4 fully saturated rings. The van der Waals surface area contributed by atoms with Gasteiger partial charge in [0, 0.05) is 45.0 Å². The number of nitrogens with one attached hydrogen (secondary N) is 1. The van der Waals surface area contributed by atoms with E-state index in [1.165, 1.54) is 10.1 Å². The molecule has 1 unspecified atom stereocenters. The first-order valence-corrected chi connectivity index (χ1v) is 11.9. The number of carbonyl (C=O) groups is 1. The summed E-state index contributed by atoms with van der Waals surface area (Å²) in [6, 6.07) is 9.85. The number of fused-ring (bicyclic) bond motifs is 2. The number of urea groups is 1. The highest BCUT2D eigenvalue weighted by Gasteiger charge is 2.53. The first-order chi connectivity index (χ1) is 16.0. The maximum absolute atomic E-state index is 12.6. The van der Waals surface area contributed by atoms with Crippen LogP contribution in [0.2, 0.25) is 0 Å². The van der Waals surface area contributed by atoms with E-state index in [9.17, 15) is 9.59 Å². The zero-order valence-electron chi connectivity index (χ0n) is 18.6. The van der Waals surface area contributed by atoms with Gasteiger partial charge >= 0.3 is 11.7 Å². The lowest BCUT2D eigenvalue weighted by Gasteiger charge is -2.26. The van der Waals surface area contributed by atoms with Gasteiger partial charge in [0.15, 0.2) is 0 Å². The maximum Gasteiger partial charge on any atom is 0.354 e. The second kappa shape index (κ2) is 7.93. The number of nitrogens with zero attached hydrogens (tertiary/aromatic N) is 4. The topological polar surface area (TPSA) is 123 Å². The molecule has 6 atom stereocenters. The Hall–Kier alpha value is -2.75. The number of benzene rings is 1. The number of nitrogens with two attached hydrogens (primary N) is 2. The molecule has 174 valence electrons. The third kappa shape index (κ3) is 3.84. The molecule has 1 aromatic carbocycles. The van der Waals surface area contributed by atoms with Gasteiger partial charge in [-0.15, -0.1) is 0 Å². The number of hydrogen-bond donors (Lipinski definition) is 3. The first kappa shape index (κ1) is 20.8. The van der Waals surface area contributed by atoms with Crippen LogP contribution in [0.1, 0.15) is 12.0 Å². The smallest absolute Gasteiger partial charge is 0.330 e. The third-order valence-electron chi connectivity index (χ3n) is 8.23. The van der Waals surface area contributed by atoms with Crippen molar-refractivity contribution < 1.29 is 4.79 Å². The minimum Gasteiger partial charge on any atom is -0.330 e. The van der Waals surface area contributed by atoms with E-state index in [0.29, 0.717) is 42.2 Å². The van der Waals surface area contributed by atoms with E-state index in [-0.39, 0.29) is 11.8 Å². The van der Waals surface area contributed by atoms with E-state index in [0.717, 1.165) is 44.8 Å². The van der Waals surface area contributed by atoms with Crippen LogP contribution in [0.25, 0.3) is 5.69 Å². The molecule has 2 aromatic rings. The summed E-state index contributed by atoms with van der Waals surface area (Å²) in [6.07, 6.45) is 2.66. The van der Waals surface area contributed by atoms with Crippen LogP contribution in [0, 0.1) is 29.6 Å². The summed E-state index contributed by atoms with van der Waals surface area (Å²) in [7, 11) is 0. The van der Waals surface area contributed by atoms with Crippen LogP contribution in [-0.4, -0.2) is 64.1 Å². The molecule has 33 heavy (non-hydrogen) atoms. The van der Waals surface area contributed by atoms with Gasteiger partial charge in [-0.3, -0.25) is 14.8 Å². The van der Waals surface area contributed by atoms with Crippen LogP contribution >= 0.6 is 0 Å². The van der Waals surface area contributed by atoms with E-state index in [1.807, 2.05) is 12.1 Å². The van der Waals surface area contributed by atoms with Crippen molar-refractivity contribution in [2.75, 3.05) is 38.0 Å². The minimum absolute atomic E-state index is 0.203. The first-order valence-electron chi connectivity index (χ1n) is 11.9. The predicted octanol–water partition coefficient (Wildman–Crippen LogP) is 0.680. The van der Waals surface area contributed by atoms with Crippen molar-refractivity contribution in [2.24, 2.45) is 41.1 Å². The number of carbonyl (C=O) groups excluding carboxylic acids is 1. The molecule has 4 aliphatic rings. The quantitative estimate of drug-likeness (QED) is 0.617. The Morgan fingerprint density at radius 2 is 1.82 bits per heavy atom. The minimum atomic E-state index is -0.418. The van der Waals surface area contributed by atoms with Crippen molar-refractivity contribution >= 4 is 11.8 Å². The summed E-state index contributed by atoms with van der Waals surface area (Å²) in [5, 5.41) is 2.78. The van der Waals surface area contributed by atoms with E-state index >= 15 is 0 Å². The number of aromatic nitrogens is 2. The summed E-state index contributed by atoms with van der Waals surface area (Å²) < 4.78 is 1.49. The molecule has 2 amide bonds. The molecular weight excluding hydrogens is 418 g/mol. The van der Waals surface area contributed by atoms with Crippen LogP contribution in [0.5, 0.6) is 0 Å². The van der Waals surface area contributed by atoms with Gasteiger partial charge in [-0.2, -0.15) is 4.98 Å². The Bertz CT molecular complexity index is 1100. The fourth-order valence-corrected chi connectivity index (χ4v) is 6.07. The molecule has 2 saturated carbocycles. The highest BCUT2D eigenvalue weighted by Crippen LogP contribution is 2.50. The van der Waals surface area contributed by atoms with E-state index in [2.05, 4.69) is 27.3 Å². The predicted molar refractivity (Wildman–Crippen MR) is 125 cm³/mol. The van der Waals surface area contributed by atoms with Gasteiger partial charge in [-0.05, 0) is 66.3 Å². The van der Waals surface area contributed by atoms with Crippen molar-refractivity contribution in [1.29, 1.82) is 0 Å². The molecule has 3 heterocycles. The van der Waals surface area contributed by atoms with Crippen molar-refractivity contribution in [1.82, 2.24) is 19.4 Å². The number of rotatable bonds is 5. The van der Waals surface area contributed by atoms with Crippen LogP contribution in [-0.2, 0) is 6.54 Å². The van der Waals surface area contributed by atoms with Crippen LogP contribution in [0.4, 0.5) is 10.6 Å². The highest BCUT2D eigenvalue weighted by molar-refractivity contribution is 5.88. The fraction of sp³-hybridized carbons (Fsp3) is 0.542. The Labute approximate surface area is 192 Å². The molecule has 0 radical (unpaired) electrons. The Morgan fingerprint density at radius 3 is 2.52 bits per heavy atom. The molecule has 2 aliphatic carbocycles. The van der Waals surface area contributed by atoms with E-state index in [4.69, 9.17) is 11.5 Å². The van der Waals surface area contributed by atoms with Gasteiger partial charge in [0.2, 0.25) is 0 Å². The normalized spacial score (nSPS) is 32.2. The van der Waals surface area contributed by atoms with E-state index < -0.39 is 5.69 Å². The van der Waals surface area contributed by atoms with Crippen molar-refractivity contribution in [3.05, 3.63) is 52.6 Å². The zero-order valence-corrected chi connectivity index (χ0v) is 18.6. The average Bonchev–Trinajstić information content (AvgIpc) is 3.61. The third-order valence-corrected chi connectivity index (χ3v) is 8.23. The van der Waals surface area contributed by atoms with E-state index in [1.54, 1.807) is 17.2 Å². The number of likely N-dealkylation sites (tertiary alicyclic amines) is 2. The maximum atomic E-state index is 12.6. The molecule has 5 N–H and O–H groups in total. The Kier molecular flexibility index (Phi) is 5.01. The van der Waals surface area contributed by atoms with Gasteiger partial charge in [0.05, 0.1) is 5.69 Å². The molecule has 9 nitrogen and oxygen atoms in total. The van der Waals surface area contributed by atoms with Crippen molar-refractivity contribution in [2.45, 2.75) is 19.0 Å². The molecular formula is C24H31N7O2. The van der Waals surface area contributed by atoms with Crippen LogP contribution in [0.3, 0.4) is 0 Å². The van der Waals surface area contributed by atoms with Crippen LogP contribution in [0.15, 0.2) is 41.3 Å². The summed E-state index contributed by atoms with van der Waals surface area (Å²) >= 11 is 0. The molecule has 2 aliphatic heterocycles. The lowest BCUT2D eigenvalue weighted by atomic mass is 10.1. The Balaban J connectivity index is 1.07. The largest absolute Gasteiger partial charge is 0.354 e. The van der Waals surface area contributed by atoms with Crippen LogP contribution < -0.4 is 22.5 Å². The number of hydrogen-bond acceptors (Lipinski definition) is 6. The standard InChI is InChI=1S/C24H31N7O2/c25-9-17-16-5-7-30(13-18(16)17)23(32)27-21-6-8-31(24(33)28-21)15-3-1-14(2-4-15)10-29-11-19-20(12-29)22(19)26/h1-4,6,8,16-20,22H,5,7,9-13,25-26H2,(H,27,28,32,33)/t16-,17-,18-,19-,20+,22?/m0/s1. The fourth-order valence-electron chi connectivity index (χ4n) is 6.07. The monoisotopic (exact) mass is 449 g/mol. The molecule has 0 spiro atoms. The number of amides is 2. The summed E-state index contributed by atoms with van der Waals surface area (Å²) in [5.74, 6) is 3.37. The molecule has 1 aromatic heterocycles. The average molecular weight is 450 g/mol. The van der Waals surface area contributed by atoms with Crippen molar-refractivity contribution in [3.63, 3.8) is 0 Å². The second-order valence-corrected chi connectivity index (χ2v) is 10.1. The summed E-state index contributed by atoms with van der Waals surface area (Å²) in [6.45, 7) is 5.21. The molecule has 2 saturated heterocycles. The van der Waals surface area contributed by atoms with Gasteiger partial charge < -0.3 is 16.4 Å². The molecule has 0 bridgehead atoms. The number of piperidine rings is 2. The summed E-state index contributed by atoms with van der Waals surface area (Å²) in [4.78, 5) is 33.6. The lowest BCUT2D eigenvalue weighted by Crippen LogP contribution is -2.40. The highest BCUT2D eigenvalue weighted by atomic mass is 16.2. The van der Waals surface area contributed by atoms with Crippen molar-refractivity contribution in [3.8, 4) is 5.69 Å².